The Bertz CT molecular complexity index is 742. The summed E-state index contributed by atoms with van der Waals surface area (Å²) >= 11 is 0. The van der Waals surface area contributed by atoms with E-state index < -0.39 is 0 Å². The van der Waals surface area contributed by atoms with E-state index in [2.05, 4.69) is 0 Å². The van der Waals surface area contributed by atoms with Crippen LogP contribution in [0.1, 0.15) is 42.7 Å². The fourth-order valence-corrected chi connectivity index (χ4v) is 3.61. The summed E-state index contributed by atoms with van der Waals surface area (Å²) in [6, 6.07) is 17.3. The second-order valence-electron chi connectivity index (χ2n) is 6.78. The molecule has 2 atom stereocenters. The average Bonchev–Trinajstić information content (AvgIpc) is 2.66. The first-order chi connectivity index (χ1) is 12.6. The normalized spacial score (nSPS) is 18.3. The SMILES string of the molecule is O=C1CCCCC1C(C[N+](=O)[O-])c1ccc(OCc2ccccc2)cc1. The van der Waals surface area contributed by atoms with Crippen molar-refractivity contribution in [3.8, 4) is 5.75 Å². The average molecular weight is 353 g/mol. The van der Waals surface area contributed by atoms with Crippen molar-refractivity contribution in [1.82, 2.24) is 0 Å². The maximum absolute atomic E-state index is 12.3. The zero-order chi connectivity index (χ0) is 18.4. The Morgan fingerprint density at radius 1 is 1.08 bits per heavy atom. The van der Waals surface area contributed by atoms with Crippen LogP contribution in [-0.4, -0.2) is 17.3 Å². The third kappa shape index (κ3) is 4.69. The molecule has 0 aromatic heterocycles. The maximum Gasteiger partial charge on any atom is 0.211 e. The molecule has 1 fully saturated rings. The Labute approximate surface area is 153 Å². The van der Waals surface area contributed by atoms with E-state index in [4.69, 9.17) is 4.74 Å². The molecule has 136 valence electrons. The van der Waals surface area contributed by atoms with E-state index in [1.54, 1.807) is 0 Å². The maximum atomic E-state index is 12.3. The Morgan fingerprint density at radius 3 is 2.46 bits per heavy atom. The molecule has 0 saturated heterocycles. The number of hydrogen-bond acceptors (Lipinski definition) is 4. The standard InChI is InChI=1S/C21H23NO4/c23-21-9-5-4-8-19(21)20(14-22(24)25)17-10-12-18(13-11-17)26-15-16-6-2-1-3-7-16/h1-3,6-7,10-13,19-20H,4-5,8-9,14-15H2. The van der Waals surface area contributed by atoms with Crippen molar-refractivity contribution < 1.29 is 14.5 Å². The molecule has 1 aliphatic carbocycles. The molecule has 0 heterocycles. The molecule has 0 radical (unpaired) electrons. The molecular formula is C21H23NO4. The van der Waals surface area contributed by atoms with Gasteiger partial charge in [-0.25, -0.2) is 0 Å². The second kappa shape index (κ2) is 8.61. The number of rotatable bonds is 7. The van der Waals surface area contributed by atoms with Crippen molar-refractivity contribution in [2.75, 3.05) is 6.54 Å². The van der Waals surface area contributed by atoms with Gasteiger partial charge in [-0.2, -0.15) is 0 Å². The minimum atomic E-state index is -0.360. The highest BCUT2D eigenvalue weighted by molar-refractivity contribution is 5.82. The largest absolute Gasteiger partial charge is 0.489 e. The van der Waals surface area contributed by atoms with Gasteiger partial charge in [-0.3, -0.25) is 14.9 Å². The Balaban J connectivity index is 1.71. The molecule has 0 bridgehead atoms. The number of carbonyl (C=O) groups is 1. The molecule has 1 saturated carbocycles. The molecule has 5 heteroatoms. The highest BCUT2D eigenvalue weighted by Gasteiger charge is 2.34. The number of ketones is 1. The number of carbonyl (C=O) groups excluding carboxylic acids is 1. The summed E-state index contributed by atoms with van der Waals surface area (Å²) in [6.45, 7) is 0.264. The van der Waals surface area contributed by atoms with Gasteiger partial charge in [0.25, 0.3) is 0 Å². The van der Waals surface area contributed by atoms with Gasteiger partial charge in [-0.15, -0.1) is 0 Å². The van der Waals surface area contributed by atoms with Crippen LogP contribution in [0.2, 0.25) is 0 Å². The van der Waals surface area contributed by atoms with Gasteiger partial charge >= 0.3 is 0 Å². The number of benzene rings is 2. The Morgan fingerprint density at radius 2 is 1.81 bits per heavy atom. The van der Waals surface area contributed by atoms with Crippen molar-refractivity contribution in [3.05, 3.63) is 75.8 Å². The van der Waals surface area contributed by atoms with Gasteiger partial charge < -0.3 is 4.74 Å². The highest BCUT2D eigenvalue weighted by Crippen LogP contribution is 2.34. The summed E-state index contributed by atoms with van der Waals surface area (Å²) in [4.78, 5) is 23.1. The van der Waals surface area contributed by atoms with Gasteiger partial charge in [0.15, 0.2) is 0 Å². The van der Waals surface area contributed by atoms with Crippen molar-refractivity contribution in [2.24, 2.45) is 5.92 Å². The van der Waals surface area contributed by atoms with E-state index >= 15 is 0 Å². The van der Waals surface area contributed by atoms with Crippen LogP contribution < -0.4 is 4.74 Å². The Kier molecular flexibility index (Phi) is 6.00. The number of ether oxygens (including phenoxy) is 1. The van der Waals surface area contributed by atoms with Gasteiger partial charge in [0.1, 0.15) is 18.1 Å². The van der Waals surface area contributed by atoms with Crippen LogP contribution in [-0.2, 0) is 11.4 Å². The van der Waals surface area contributed by atoms with Gasteiger partial charge in [0.05, 0.1) is 5.92 Å². The minimum Gasteiger partial charge on any atom is -0.489 e. The first kappa shape index (κ1) is 18.1. The van der Waals surface area contributed by atoms with Crippen molar-refractivity contribution in [2.45, 2.75) is 38.2 Å². The molecule has 2 unspecified atom stereocenters. The molecule has 26 heavy (non-hydrogen) atoms. The molecule has 0 spiro atoms. The fraction of sp³-hybridized carbons (Fsp3) is 0.381. The number of nitrogens with zero attached hydrogens (tertiary/aromatic N) is 1. The van der Waals surface area contributed by atoms with Gasteiger partial charge in [-0.1, -0.05) is 48.9 Å². The second-order valence-corrected chi connectivity index (χ2v) is 6.78. The molecule has 3 rings (SSSR count). The molecule has 2 aromatic carbocycles. The minimum absolute atomic E-state index is 0.160. The molecule has 0 amide bonds. The summed E-state index contributed by atoms with van der Waals surface area (Å²) in [7, 11) is 0. The van der Waals surface area contributed by atoms with E-state index in [0.29, 0.717) is 18.8 Å². The topological polar surface area (TPSA) is 69.4 Å². The van der Waals surface area contributed by atoms with E-state index in [1.165, 1.54) is 0 Å². The quantitative estimate of drug-likeness (QED) is 0.547. The summed E-state index contributed by atoms with van der Waals surface area (Å²) in [5, 5.41) is 11.1. The lowest BCUT2D eigenvalue weighted by molar-refractivity contribution is -0.484. The van der Waals surface area contributed by atoms with Gasteiger partial charge in [0, 0.05) is 17.3 Å². The van der Waals surface area contributed by atoms with Crippen LogP contribution in [0.25, 0.3) is 0 Å². The first-order valence-corrected chi connectivity index (χ1v) is 9.04. The summed E-state index contributed by atoms with van der Waals surface area (Å²) < 4.78 is 5.77. The third-order valence-corrected chi connectivity index (χ3v) is 4.99. The monoisotopic (exact) mass is 353 g/mol. The number of Topliss-reactive ketones (excluding diaryl/α,β-unsaturated/α-hetero) is 1. The third-order valence-electron chi connectivity index (χ3n) is 4.99. The molecule has 2 aromatic rings. The van der Waals surface area contributed by atoms with Crippen LogP contribution in [0, 0.1) is 16.0 Å². The summed E-state index contributed by atoms with van der Waals surface area (Å²) in [6.07, 6.45) is 3.14. The fourth-order valence-electron chi connectivity index (χ4n) is 3.61. The zero-order valence-corrected chi connectivity index (χ0v) is 14.7. The lowest BCUT2D eigenvalue weighted by Gasteiger charge is -2.27. The lowest BCUT2D eigenvalue weighted by Crippen LogP contribution is -2.30. The van der Waals surface area contributed by atoms with Crippen LogP contribution in [0.15, 0.2) is 54.6 Å². The van der Waals surface area contributed by atoms with Crippen LogP contribution in [0.5, 0.6) is 5.75 Å². The van der Waals surface area contributed by atoms with Gasteiger partial charge in [-0.05, 0) is 36.1 Å². The first-order valence-electron chi connectivity index (χ1n) is 9.04. The van der Waals surface area contributed by atoms with Crippen molar-refractivity contribution in [1.29, 1.82) is 0 Å². The predicted octanol–water partition coefficient (Wildman–Crippen LogP) is 4.39. The van der Waals surface area contributed by atoms with Crippen LogP contribution in [0.3, 0.4) is 0 Å². The lowest BCUT2D eigenvalue weighted by atomic mass is 9.76. The summed E-state index contributed by atoms with van der Waals surface area (Å²) in [5.41, 5.74) is 1.92. The van der Waals surface area contributed by atoms with Crippen LogP contribution >= 0.6 is 0 Å². The van der Waals surface area contributed by atoms with E-state index in [1.807, 2.05) is 54.6 Å². The molecule has 5 nitrogen and oxygen atoms in total. The predicted molar refractivity (Wildman–Crippen MR) is 98.8 cm³/mol. The van der Waals surface area contributed by atoms with Crippen molar-refractivity contribution >= 4 is 5.78 Å². The van der Waals surface area contributed by atoms with E-state index in [-0.39, 0.29) is 29.1 Å². The summed E-state index contributed by atoms with van der Waals surface area (Å²) in [5.74, 6) is 0.270. The van der Waals surface area contributed by atoms with E-state index in [0.717, 1.165) is 30.4 Å². The van der Waals surface area contributed by atoms with Crippen LogP contribution in [0.4, 0.5) is 0 Å². The zero-order valence-electron chi connectivity index (χ0n) is 14.7. The highest BCUT2D eigenvalue weighted by atomic mass is 16.6. The number of hydrogen-bond donors (Lipinski definition) is 0. The molecule has 0 N–H and O–H groups in total. The molecule has 0 aliphatic heterocycles. The Hall–Kier alpha value is -2.69. The molecular weight excluding hydrogens is 330 g/mol. The number of nitro groups is 1. The smallest absolute Gasteiger partial charge is 0.211 e. The van der Waals surface area contributed by atoms with Gasteiger partial charge in [0.2, 0.25) is 6.54 Å². The molecule has 1 aliphatic rings. The van der Waals surface area contributed by atoms with Crippen molar-refractivity contribution in [3.63, 3.8) is 0 Å². The van der Waals surface area contributed by atoms with E-state index in [9.17, 15) is 14.9 Å².